The largest absolute Gasteiger partial charge is 0.467 e. The van der Waals surface area contributed by atoms with Crippen LogP contribution < -0.4 is 0 Å². The first-order chi connectivity index (χ1) is 6.41. The molecule has 2 rings (SSSR count). The third-order valence-electron chi connectivity index (χ3n) is 3.61. The van der Waals surface area contributed by atoms with Crippen molar-refractivity contribution in [1.29, 1.82) is 0 Å². The minimum atomic E-state index is -0.614. The minimum Gasteiger partial charge on any atom is -0.467 e. The summed E-state index contributed by atoms with van der Waals surface area (Å²) >= 11 is 0. The van der Waals surface area contributed by atoms with E-state index in [-0.39, 0.29) is 11.6 Å². The van der Waals surface area contributed by atoms with Crippen LogP contribution in [0, 0.1) is 5.41 Å². The molecule has 0 radical (unpaired) electrons. The van der Waals surface area contributed by atoms with Gasteiger partial charge in [0.05, 0.1) is 7.11 Å². The average molecular weight is 198 g/mol. The second kappa shape index (κ2) is 2.51. The number of hydrogen-bond acceptors (Lipinski definition) is 3. The molecule has 1 aliphatic heterocycles. The van der Waals surface area contributed by atoms with Crippen molar-refractivity contribution in [3.05, 3.63) is 0 Å². The first-order valence-electron chi connectivity index (χ1n) is 5.20. The highest BCUT2D eigenvalue weighted by molar-refractivity contribution is 5.85. The Hall–Kier alpha value is -0.570. The van der Waals surface area contributed by atoms with Crippen LogP contribution in [0.3, 0.4) is 0 Å². The molecule has 0 aromatic rings. The molecule has 0 N–H and O–H groups in total. The molecule has 2 aliphatic rings. The molecule has 1 aliphatic carbocycles. The van der Waals surface area contributed by atoms with Crippen LogP contribution >= 0.6 is 0 Å². The number of carbonyl (C=O) groups excluding carboxylic acids is 1. The molecular weight excluding hydrogens is 180 g/mol. The van der Waals surface area contributed by atoms with E-state index in [1.807, 2.05) is 6.92 Å². The normalized spacial score (nSPS) is 36.3. The van der Waals surface area contributed by atoms with Gasteiger partial charge in [-0.05, 0) is 24.7 Å². The number of ether oxygens (including phenoxy) is 2. The maximum absolute atomic E-state index is 11.6. The maximum atomic E-state index is 11.6. The zero-order valence-electron chi connectivity index (χ0n) is 9.35. The van der Waals surface area contributed by atoms with Gasteiger partial charge in [0.1, 0.15) is 5.60 Å². The first-order valence-corrected chi connectivity index (χ1v) is 5.20. The van der Waals surface area contributed by atoms with Crippen LogP contribution in [0.25, 0.3) is 0 Å². The van der Waals surface area contributed by atoms with Crippen molar-refractivity contribution in [3.63, 3.8) is 0 Å². The fourth-order valence-electron chi connectivity index (χ4n) is 3.09. The predicted molar refractivity (Wildman–Crippen MR) is 51.9 cm³/mol. The summed E-state index contributed by atoms with van der Waals surface area (Å²) < 4.78 is 10.5. The van der Waals surface area contributed by atoms with E-state index in [2.05, 4.69) is 13.8 Å². The van der Waals surface area contributed by atoms with Crippen LogP contribution in [0.1, 0.15) is 40.0 Å². The van der Waals surface area contributed by atoms with E-state index in [0.29, 0.717) is 5.41 Å². The van der Waals surface area contributed by atoms with Gasteiger partial charge in [0.2, 0.25) is 0 Å². The number of rotatable bonds is 2. The van der Waals surface area contributed by atoms with Gasteiger partial charge in [0.25, 0.3) is 0 Å². The van der Waals surface area contributed by atoms with Crippen LogP contribution in [0.15, 0.2) is 0 Å². The molecule has 2 fully saturated rings. The SMILES string of the molecule is CCC1(C(=O)OC)OC12CC(C)(C)C2. The summed E-state index contributed by atoms with van der Waals surface area (Å²) in [5.41, 5.74) is -0.472. The van der Waals surface area contributed by atoms with Gasteiger partial charge in [-0.25, -0.2) is 4.79 Å². The van der Waals surface area contributed by atoms with Gasteiger partial charge in [-0.15, -0.1) is 0 Å². The monoisotopic (exact) mass is 198 g/mol. The zero-order valence-corrected chi connectivity index (χ0v) is 9.35. The summed E-state index contributed by atoms with van der Waals surface area (Å²) in [6.07, 6.45) is 2.67. The van der Waals surface area contributed by atoms with Crippen LogP contribution in [0.5, 0.6) is 0 Å². The second-order valence-corrected chi connectivity index (χ2v) is 5.29. The molecule has 1 heterocycles. The smallest absolute Gasteiger partial charge is 0.341 e. The molecule has 1 spiro atoms. The van der Waals surface area contributed by atoms with Crippen molar-refractivity contribution in [2.75, 3.05) is 7.11 Å². The van der Waals surface area contributed by atoms with Gasteiger partial charge in [-0.3, -0.25) is 0 Å². The third kappa shape index (κ3) is 0.991. The number of epoxide rings is 1. The van der Waals surface area contributed by atoms with Gasteiger partial charge in [0, 0.05) is 0 Å². The van der Waals surface area contributed by atoms with Crippen LogP contribution in [0.4, 0.5) is 0 Å². The van der Waals surface area contributed by atoms with E-state index >= 15 is 0 Å². The Labute approximate surface area is 84.8 Å². The highest BCUT2D eigenvalue weighted by Gasteiger charge is 2.80. The highest BCUT2D eigenvalue weighted by Crippen LogP contribution is 2.68. The minimum absolute atomic E-state index is 0.182. The summed E-state index contributed by atoms with van der Waals surface area (Å²) in [6.45, 7) is 6.40. The lowest BCUT2D eigenvalue weighted by atomic mass is 9.59. The number of carbonyl (C=O) groups is 1. The van der Waals surface area contributed by atoms with E-state index < -0.39 is 5.60 Å². The molecule has 0 amide bonds. The fourth-order valence-corrected chi connectivity index (χ4v) is 3.09. The summed E-state index contributed by atoms with van der Waals surface area (Å²) in [5, 5.41) is 0. The Balaban J connectivity index is 2.12. The summed E-state index contributed by atoms with van der Waals surface area (Å²) in [4.78, 5) is 11.6. The molecule has 3 heteroatoms. The van der Waals surface area contributed by atoms with Gasteiger partial charge < -0.3 is 9.47 Å². The molecule has 1 saturated carbocycles. The lowest BCUT2D eigenvalue weighted by molar-refractivity contribution is -0.147. The summed E-state index contributed by atoms with van der Waals surface area (Å²) in [7, 11) is 1.43. The number of hydrogen-bond donors (Lipinski definition) is 0. The number of methoxy groups -OCH3 is 1. The summed E-state index contributed by atoms with van der Waals surface area (Å²) in [5.74, 6) is -0.199. The van der Waals surface area contributed by atoms with Crippen LogP contribution in [-0.4, -0.2) is 24.3 Å². The van der Waals surface area contributed by atoms with Gasteiger partial charge >= 0.3 is 5.97 Å². The van der Waals surface area contributed by atoms with Crippen molar-refractivity contribution in [1.82, 2.24) is 0 Å². The first kappa shape index (κ1) is 9.97. The van der Waals surface area contributed by atoms with E-state index in [4.69, 9.17) is 9.47 Å². The molecule has 0 bridgehead atoms. The van der Waals surface area contributed by atoms with Crippen LogP contribution in [-0.2, 0) is 14.3 Å². The molecule has 14 heavy (non-hydrogen) atoms. The Morgan fingerprint density at radius 3 is 2.36 bits per heavy atom. The lowest BCUT2D eigenvalue weighted by Gasteiger charge is -2.42. The van der Waals surface area contributed by atoms with Gasteiger partial charge in [0.15, 0.2) is 5.60 Å². The summed E-state index contributed by atoms with van der Waals surface area (Å²) in [6, 6.07) is 0. The molecule has 0 aromatic heterocycles. The quantitative estimate of drug-likeness (QED) is 0.502. The standard InChI is InChI=1S/C11H18O3/c1-5-11(8(12)13-4)10(14-11)6-9(2,3)7-10/h5-7H2,1-4H3. The second-order valence-electron chi connectivity index (χ2n) is 5.29. The van der Waals surface area contributed by atoms with Crippen molar-refractivity contribution in [2.24, 2.45) is 5.41 Å². The van der Waals surface area contributed by atoms with Crippen LogP contribution in [0.2, 0.25) is 0 Å². The molecule has 1 saturated heterocycles. The molecule has 3 nitrogen and oxygen atoms in total. The fraction of sp³-hybridized carbons (Fsp3) is 0.909. The average Bonchev–Trinajstić information content (AvgIpc) is 2.71. The zero-order chi connectivity index (χ0) is 10.6. The van der Waals surface area contributed by atoms with Gasteiger partial charge in [-0.1, -0.05) is 20.8 Å². The highest BCUT2D eigenvalue weighted by atomic mass is 16.7. The molecule has 80 valence electrons. The van der Waals surface area contributed by atoms with Gasteiger partial charge in [-0.2, -0.15) is 0 Å². The van der Waals surface area contributed by atoms with Crippen molar-refractivity contribution >= 4 is 5.97 Å². The molecular formula is C11H18O3. The predicted octanol–water partition coefficient (Wildman–Crippen LogP) is 1.90. The lowest BCUT2D eigenvalue weighted by Crippen LogP contribution is -2.47. The third-order valence-corrected chi connectivity index (χ3v) is 3.61. The number of esters is 1. The Morgan fingerprint density at radius 1 is 1.43 bits per heavy atom. The van der Waals surface area contributed by atoms with E-state index in [9.17, 15) is 4.79 Å². The molecule has 1 atom stereocenters. The van der Waals surface area contributed by atoms with E-state index in [0.717, 1.165) is 19.3 Å². The maximum Gasteiger partial charge on any atom is 0.341 e. The Kier molecular flexibility index (Phi) is 1.79. The molecule has 1 unspecified atom stereocenters. The van der Waals surface area contributed by atoms with Crippen molar-refractivity contribution in [2.45, 2.75) is 51.2 Å². The van der Waals surface area contributed by atoms with Crippen molar-refractivity contribution in [3.8, 4) is 0 Å². The topological polar surface area (TPSA) is 38.8 Å². The molecule has 0 aromatic carbocycles. The Bertz CT molecular complexity index is 274. The van der Waals surface area contributed by atoms with E-state index in [1.54, 1.807) is 0 Å². The Morgan fingerprint density at radius 2 is 2.00 bits per heavy atom. The van der Waals surface area contributed by atoms with E-state index in [1.165, 1.54) is 7.11 Å². The van der Waals surface area contributed by atoms with Crippen molar-refractivity contribution < 1.29 is 14.3 Å².